The van der Waals surface area contributed by atoms with Crippen molar-refractivity contribution in [3.05, 3.63) is 16.8 Å². The Labute approximate surface area is 207 Å². The van der Waals surface area contributed by atoms with Gasteiger partial charge in [-0.15, -0.1) is 11.3 Å². The molecule has 3 saturated heterocycles. The van der Waals surface area contributed by atoms with Crippen LogP contribution in [0.25, 0.3) is 10.2 Å². The molecule has 1 amide bonds. The number of hydrogen-bond acceptors (Lipinski definition) is 7. The summed E-state index contributed by atoms with van der Waals surface area (Å²) in [6.45, 7) is 15.5. The highest BCUT2D eigenvalue weighted by atomic mass is 32.1. The van der Waals surface area contributed by atoms with Gasteiger partial charge in [0, 0.05) is 56.6 Å². The minimum Gasteiger partial charge on any atom is -0.373 e. The average molecular weight is 486 g/mol. The summed E-state index contributed by atoms with van der Waals surface area (Å²) in [5.74, 6) is 2.27. The third-order valence-electron chi connectivity index (χ3n) is 8.03. The maximum Gasteiger partial charge on any atom is 0.225 e. The summed E-state index contributed by atoms with van der Waals surface area (Å²) in [6.07, 6.45) is 6.41. The van der Waals surface area contributed by atoms with Gasteiger partial charge in [0.05, 0.1) is 17.6 Å². The van der Waals surface area contributed by atoms with Crippen LogP contribution in [-0.2, 0) is 9.53 Å². The molecule has 0 saturated carbocycles. The van der Waals surface area contributed by atoms with Crippen LogP contribution < -0.4 is 4.90 Å². The highest BCUT2D eigenvalue weighted by Gasteiger charge is 2.33. The first-order chi connectivity index (χ1) is 16.4. The van der Waals surface area contributed by atoms with Crippen LogP contribution in [0.1, 0.15) is 50.0 Å². The van der Waals surface area contributed by atoms with Crippen molar-refractivity contribution in [2.45, 2.75) is 65.6 Å². The van der Waals surface area contributed by atoms with E-state index in [1.165, 1.54) is 15.8 Å². The number of rotatable bonds is 4. The van der Waals surface area contributed by atoms with E-state index in [2.05, 4.69) is 52.4 Å². The Morgan fingerprint density at radius 2 is 1.71 bits per heavy atom. The van der Waals surface area contributed by atoms with E-state index < -0.39 is 0 Å². The predicted molar refractivity (Wildman–Crippen MR) is 138 cm³/mol. The Hall–Kier alpha value is -1.77. The van der Waals surface area contributed by atoms with Crippen molar-refractivity contribution in [1.82, 2.24) is 19.8 Å². The zero-order valence-corrected chi connectivity index (χ0v) is 21.9. The van der Waals surface area contributed by atoms with E-state index in [4.69, 9.17) is 4.74 Å². The highest BCUT2D eigenvalue weighted by molar-refractivity contribution is 7.18. The van der Waals surface area contributed by atoms with E-state index in [1.807, 2.05) is 0 Å². The number of aryl methyl sites for hydroxylation is 2. The first-order valence-corrected chi connectivity index (χ1v) is 13.8. The van der Waals surface area contributed by atoms with Gasteiger partial charge in [0.25, 0.3) is 0 Å². The number of carbonyl (C=O) groups is 1. The summed E-state index contributed by atoms with van der Waals surface area (Å²) in [6, 6.07) is 0. The lowest BCUT2D eigenvalue weighted by Crippen LogP contribution is -2.49. The zero-order chi connectivity index (χ0) is 23.8. The molecule has 3 aliphatic heterocycles. The number of morpholine rings is 1. The topological polar surface area (TPSA) is 61.8 Å². The summed E-state index contributed by atoms with van der Waals surface area (Å²) in [4.78, 5) is 31.9. The fourth-order valence-electron chi connectivity index (χ4n) is 6.13. The highest BCUT2D eigenvalue weighted by Crippen LogP contribution is 2.36. The minimum absolute atomic E-state index is 0.149. The fourth-order valence-corrected chi connectivity index (χ4v) is 7.13. The molecule has 2 unspecified atom stereocenters. The molecule has 5 rings (SSSR count). The summed E-state index contributed by atoms with van der Waals surface area (Å²) < 4.78 is 5.88. The monoisotopic (exact) mass is 485 g/mol. The molecule has 5 heterocycles. The number of thiophene rings is 1. The second-order valence-electron chi connectivity index (χ2n) is 10.7. The second-order valence-corrected chi connectivity index (χ2v) is 11.9. The number of nitrogens with zero attached hydrogens (tertiary/aromatic N) is 5. The number of piperidine rings is 2. The van der Waals surface area contributed by atoms with Gasteiger partial charge in [0.1, 0.15) is 17.0 Å². The van der Waals surface area contributed by atoms with Crippen LogP contribution in [0.3, 0.4) is 0 Å². The van der Waals surface area contributed by atoms with E-state index in [0.29, 0.717) is 24.0 Å². The molecule has 0 spiro atoms. The molecule has 0 radical (unpaired) electrons. The van der Waals surface area contributed by atoms with Crippen molar-refractivity contribution in [3.8, 4) is 0 Å². The largest absolute Gasteiger partial charge is 0.373 e. The lowest BCUT2D eigenvalue weighted by atomic mass is 9.91. The minimum atomic E-state index is 0.149. The first kappa shape index (κ1) is 23.9. The van der Waals surface area contributed by atoms with Crippen LogP contribution in [0.4, 0.5) is 5.82 Å². The van der Waals surface area contributed by atoms with E-state index >= 15 is 0 Å². The first-order valence-electron chi connectivity index (χ1n) is 13.0. The normalized spacial score (nSPS) is 25.9. The summed E-state index contributed by atoms with van der Waals surface area (Å²) in [5.41, 5.74) is 1.29. The van der Waals surface area contributed by atoms with Gasteiger partial charge in [-0.3, -0.25) is 9.69 Å². The Morgan fingerprint density at radius 3 is 2.38 bits per heavy atom. The van der Waals surface area contributed by atoms with Crippen LogP contribution in [0, 0.1) is 25.7 Å². The number of amides is 1. The van der Waals surface area contributed by atoms with Crippen LogP contribution in [0.2, 0.25) is 0 Å². The molecular weight excluding hydrogens is 446 g/mol. The molecule has 186 valence electrons. The van der Waals surface area contributed by atoms with Crippen molar-refractivity contribution < 1.29 is 9.53 Å². The lowest BCUT2D eigenvalue weighted by Gasteiger charge is -2.40. The number of ether oxygens (including phenoxy) is 1. The van der Waals surface area contributed by atoms with E-state index in [9.17, 15) is 4.79 Å². The number of likely N-dealkylation sites (tertiary alicyclic amines) is 1. The zero-order valence-electron chi connectivity index (χ0n) is 21.1. The molecule has 0 N–H and O–H groups in total. The number of aromatic nitrogens is 2. The smallest absolute Gasteiger partial charge is 0.225 e. The van der Waals surface area contributed by atoms with Gasteiger partial charge in [-0.25, -0.2) is 9.97 Å². The van der Waals surface area contributed by atoms with Crippen molar-refractivity contribution >= 4 is 33.3 Å². The third kappa shape index (κ3) is 4.95. The summed E-state index contributed by atoms with van der Waals surface area (Å²) >= 11 is 1.74. The molecule has 0 aromatic carbocycles. The molecule has 0 bridgehead atoms. The molecule has 2 aromatic heterocycles. The Balaban J connectivity index is 1.12. The van der Waals surface area contributed by atoms with Gasteiger partial charge >= 0.3 is 0 Å². The molecule has 2 atom stereocenters. The van der Waals surface area contributed by atoms with E-state index in [0.717, 1.165) is 82.1 Å². The van der Waals surface area contributed by atoms with Crippen molar-refractivity contribution in [2.75, 3.05) is 50.7 Å². The van der Waals surface area contributed by atoms with Gasteiger partial charge in [0.2, 0.25) is 5.91 Å². The molecular formula is C26H39N5O2S. The van der Waals surface area contributed by atoms with Crippen molar-refractivity contribution in [3.63, 3.8) is 0 Å². The van der Waals surface area contributed by atoms with Gasteiger partial charge in [-0.05, 0) is 64.9 Å². The van der Waals surface area contributed by atoms with Crippen LogP contribution in [0.5, 0.6) is 0 Å². The predicted octanol–water partition coefficient (Wildman–Crippen LogP) is 3.87. The molecule has 8 heteroatoms. The second kappa shape index (κ2) is 10.1. The molecule has 0 aliphatic carbocycles. The summed E-state index contributed by atoms with van der Waals surface area (Å²) in [7, 11) is 0. The van der Waals surface area contributed by atoms with Crippen molar-refractivity contribution in [1.29, 1.82) is 0 Å². The Kier molecular flexibility index (Phi) is 7.09. The van der Waals surface area contributed by atoms with Gasteiger partial charge in [-0.2, -0.15) is 0 Å². The number of fused-ring (bicyclic) bond motifs is 1. The molecule has 7 nitrogen and oxygen atoms in total. The maximum absolute atomic E-state index is 13.3. The lowest BCUT2D eigenvalue weighted by molar-refractivity contribution is -0.137. The van der Waals surface area contributed by atoms with Crippen molar-refractivity contribution in [2.24, 2.45) is 11.8 Å². The van der Waals surface area contributed by atoms with Gasteiger partial charge in [0.15, 0.2) is 0 Å². The third-order valence-corrected chi connectivity index (χ3v) is 9.14. The van der Waals surface area contributed by atoms with Gasteiger partial charge < -0.3 is 14.5 Å². The van der Waals surface area contributed by atoms with Gasteiger partial charge in [-0.1, -0.05) is 0 Å². The number of hydrogen-bond donors (Lipinski definition) is 0. The molecule has 2 aromatic rings. The average Bonchev–Trinajstić information content (AvgIpc) is 3.12. The van der Waals surface area contributed by atoms with Crippen LogP contribution >= 0.6 is 11.3 Å². The molecule has 3 aliphatic rings. The Morgan fingerprint density at radius 1 is 1.03 bits per heavy atom. The fraction of sp³-hybridized carbons (Fsp3) is 0.731. The standard InChI is InChI=1S/C26H39N5O2S/c1-17-13-29(14-18(2)33-17)15-21-5-9-31(10-6-21)26(32)22-7-11-30(12-8-22)24-23-19(3)20(4)34-25(23)28-16-27-24/h16-18,21-22H,5-15H2,1-4H3. The quantitative estimate of drug-likeness (QED) is 0.655. The van der Waals surface area contributed by atoms with E-state index in [-0.39, 0.29) is 5.92 Å². The van der Waals surface area contributed by atoms with Crippen LogP contribution in [-0.4, -0.2) is 83.7 Å². The van der Waals surface area contributed by atoms with Crippen LogP contribution in [0.15, 0.2) is 6.33 Å². The maximum atomic E-state index is 13.3. The molecule has 34 heavy (non-hydrogen) atoms. The SMILES string of the molecule is Cc1sc2ncnc(N3CCC(C(=O)N4CCC(CN5CC(C)OC(C)C5)CC4)CC3)c2c1C. The summed E-state index contributed by atoms with van der Waals surface area (Å²) in [5, 5.41) is 1.20. The Bertz CT molecular complexity index is 1000. The number of carbonyl (C=O) groups excluding carboxylic acids is 1. The van der Waals surface area contributed by atoms with E-state index in [1.54, 1.807) is 17.7 Å². The number of anilines is 1. The molecule has 3 fully saturated rings.